The minimum absolute atomic E-state index is 0.0929. The van der Waals surface area contributed by atoms with E-state index >= 15 is 0 Å². The molecule has 9 heteroatoms. The predicted molar refractivity (Wildman–Crippen MR) is 108 cm³/mol. The number of amides is 1. The van der Waals surface area contributed by atoms with Gasteiger partial charge in [0.2, 0.25) is 0 Å². The second-order valence-corrected chi connectivity index (χ2v) is 7.03. The largest absolute Gasteiger partial charge is 0.433 e. The first-order valence-electron chi connectivity index (χ1n) is 8.83. The Labute approximate surface area is 174 Å². The van der Waals surface area contributed by atoms with Gasteiger partial charge >= 0.3 is 6.18 Å². The van der Waals surface area contributed by atoms with Gasteiger partial charge in [0.1, 0.15) is 0 Å². The smallest absolute Gasteiger partial charge is 0.319 e. The molecule has 0 unspecified atom stereocenters. The van der Waals surface area contributed by atoms with Gasteiger partial charge in [0.25, 0.3) is 5.91 Å². The maximum atomic E-state index is 13.7. The number of nitrogens with zero attached hydrogens (tertiary/aromatic N) is 3. The first-order valence-corrected chi connectivity index (χ1v) is 9.21. The van der Waals surface area contributed by atoms with Gasteiger partial charge in [-0.2, -0.15) is 18.3 Å². The zero-order valence-corrected chi connectivity index (χ0v) is 16.3. The number of para-hydroxylation sites is 1. The average molecular weight is 431 g/mol. The number of fused-ring (bicyclic) bond motifs is 1. The Morgan fingerprint density at radius 1 is 1.07 bits per heavy atom. The molecule has 0 spiro atoms. The van der Waals surface area contributed by atoms with Crippen LogP contribution in [0.4, 0.5) is 18.9 Å². The summed E-state index contributed by atoms with van der Waals surface area (Å²) in [7, 11) is 0. The highest BCUT2D eigenvalue weighted by atomic mass is 35.5. The van der Waals surface area contributed by atoms with Crippen molar-refractivity contribution in [2.24, 2.45) is 0 Å². The zero-order chi connectivity index (χ0) is 21.5. The van der Waals surface area contributed by atoms with E-state index in [1.807, 2.05) is 6.92 Å². The quantitative estimate of drug-likeness (QED) is 0.458. The average Bonchev–Trinajstić information content (AvgIpc) is 3.13. The van der Waals surface area contributed by atoms with Crippen molar-refractivity contribution in [2.75, 3.05) is 5.32 Å². The van der Waals surface area contributed by atoms with Gasteiger partial charge in [-0.05, 0) is 25.1 Å². The molecule has 0 fully saturated rings. The third-order valence-corrected chi connectivity index (χ3v) is 4.75. The Bertz CT molecular complexity index is 1250. The van der Waals surface area contributed by atoms with Crippen LogP contribution in [0.5, 0.6) is 0 Å². The number of aryl methyl sites for hydroxylation is 1. The lowest BCUT2D eigenvalue weighted by atomic mass is 10.1. The third kappa shape index (κ3) is 3.86. The maximum Gasteiger partial charge on any atom is 0.433 e. The van der Waals surface area contributed by atoms with E-state index < -0.39 is 17.8 Å². The summed E-state index contributed by atoms with van der Waals surface area (Å²) in [5, 5.41) is 6.67. The van der Waals surface area contributed by atoms with E-state index in [-0.39, 0.29) is 17.0 Å². The Morgan fingerprint density at radius 3 is 2.43 bits per heavy atom. The molecule has 4 rings (SSSR count). The molecule has 0 atom stereocenters. The van der Waals surface area contributed by atoms with Gasteiger partial charge in [-0.25, -0.2) is 9.50 Å². The number of alkyl halides is 3. The van der Waals surface area contributed by atoms with Crippen LogP contribution in [0.1, 0.15) is 21.7 Å². The number of aromatic nitrogens is 3. The number of halogens is 4. The highest BCUT2D eigenvalue weighted by molar-refractivity contribution is 6.33. The summed E-state index contributed by atoms with van der Waals surface area (Å²) in [5.74, 6) is -0.696. The molecule has 4 aromatic rings. The van der Waals surface area contributed by atoms with Crippen molar-refractivity contribution in [1.82, 2.24) is 14.6 Å². The highest BCUT2D eigenvalue weighted by Gasteiger charge is 2.35. The Balaban J connectivity index is 1.80. The van der Waals surface area contributed by atoms with Crippen LogP contribution in [0.15, 0.2) is 60.7 Å². The Morgan fingerprint density at radius 2 is 1.77 bits per heavy atom. The van der Waals surface area contributed by atoms with Gasteiger partial charge in [0.05, 0.1) is 16.4 Å². The summed E-state index contributed by atoms with van der Waals surface area (Å²) in [4.78, 5) is 16.8. The standard InChI is InChI=1S/C21H14ClF3N4O/c1-12-6-8-13(9-7-12)16-10-18(21(23,24)25)29-19(26-16)11-17(28-29)20(30)27-15-5-3-2-4-14(15)22/h2-11H,1H3,(H,27,30). The van der Waals surface area contributed by atoms with E-state index in [4.69, 9.17) is 11.6 Å². The van der Waals surface area contributed by atoms with Gasteiger partial charge < -0.3 is 5.32 Å². The fraction of sp³-hybridized carbons (Fsp3) is 0.0952. The first kappa shape index (κ1) is 19.9. The van der Waals surface area contributed by atoms with Gasteiger partial charge in [-0.15, -0.1) is 0 Å². The third-order valence-electron chi connectivity index (χ3n) is 4.42. The normalized spacial score (nSPS) is 11.6. The summed E-state index contributed by atoms with van der Waals surface area (Å²) >= 11 is 6.02. The second kappa shape index (κ2) is 7.46. The fourth-order valence-electron chi connectivity index (χ4n) is 2.91. The van der Waals surface area contributed by atoms with Crippen molar-refractivity contribution < 1.29 is 18.0 Å². The minimum atomic E-state index is -4.69. The molecule has 0 aliphatic rings. The first-order chi connectivity index (χ1) is 14.2. The zero-order valence-electron chi connectivity index (χ0n) is 15.5. The number of hydrogen-bond donors (Lipinski definition) is 1. The number of rotatable bonds is 3. The molecule has 2 aromatic heterocycles. The van der Waals surface area contributed by atoms with Crippen molar-refractivity contribution in [3.05, 3.63) is 82.6 Å². The number of carbonyl (C=O) groups excluding carboxylic acids is 1. The van der Waals surface area contributed by atoms with Crippen LogP contribution in [0.2, 0.25) is 5.02 Å². The monoisotopic (exact) mass is 430 g/mol. The van der Waals surface area contributed by atoms with E-state index in [1.54, 1.807) is 48.5 Å². The Hall–Kier alpha value is -3.39. The van der Waals surface area contributed by atoms with Gasteiger partial charge in [0.15, 0.2) is 17.0 Å². The van der Waals surface area contributed by atoms with Crippen LogP contribution in [-0.2, 0) is 6.18 Å². The lowest BCUT2D eigenvalue weighted by Gasteiger charge is -2.11. The van der Waals surface area contributed by atoms with Crippen molar-refractivity contribution in [3.63, 3.8) is 0 Å². The molecule has 0 saturated heterocycles. The van der Waals surface area contributed by atoms with Crippen molar-refractivity contribution in [2.45, 2.75) is 13.1 Å². The molecule has 0 aliphatic heterocycles. The van der Waals surface area contributed by atoms with E-state index in [9.17, 15) is 18.0 Å². The molecule has 0 saturated carbocycles. The molecule has 1 amide bonds. The summed E-state index contributed by atoms with van der Waals surface area (Å²) in [5.41, 5.74) is 0.618. The van der Waals surface area contributed by atoms with E-state index in [2.05, 4.69) is 15.4 Å². The van der Waals surface area contributed by atoms with Crippen molar-refractivity contribution >= 4 is 28.8 Å². The number of nitrogens with one attached hydrogen (secondary N) is 1. The summed E-state index contributed by atoms with van der Waals surface area (Å²) in [6, 6.07) is 15.6. The lowest BCUT2D eigenvalue weighted by molar-refractivity contribution is -0.142. The number of hydrogen-bond acceptors (Lipinski definition) is 3. The fourth-order valence-corrected chi connectivity index (χ4v) is 3.09. The predicted octanol–water partition coefficient (Wildman–Crippen LogP) is 5.63. The van der Waals surface area contributed by atoms with E-state index in [0.717, 1.165) is 11.6 Å². The summed E-state index contributed by atoms with van der Waals surface area (Å²) < 4.78 is 41.7. The number of anilines is 1. The molecular formula is C21H14ClF3N4O. The lowest BCUT2D eigenvalue weighted by Crippen LogP contribution is -2.16. The van der Waals surface area contributed by atoms with Gasteiger partial charge in [-0.3, -0.25) is 4.79 Å². The van der Waals surface area contributed by atoms with Gasteiger partial charge in [0, 0.05) is 11.6 Å². The maximum absolute atomic E-state index is 13.7. The molecule has 0 radical (unpaired) electrons. The summed E-state index contributed by atoms with van der Waals surface area (Å²) in [6.07, 6.45) is -4.69. The molecule has 1 N–H and O–H groups in total. The van der Waals surface area contributed by atoms with Crippen LogP contribution in [0, 0.1) is 6.92 Å². The van der Waals surface area contributed by atoms with Crippen LogP contribution in [0.3, 0.4) is 0 Å². The Kier molecular flexibility index (Phi) is 4.95. The van der Waals surface area contributed by atoms with Crippen LogP contribution < -0.4 is 5.32 Å². The van der Waals surface area contributed by atoms with Crippen molar-refractivity contribution in [3.8, 4) is 11.3 Å². The summed E-state index contributed by atoms with van der Waals surface area (Å²) in [6.45, 7) is 1.88. The van der Waals surface area contributed by atoms with E-state index in [0.29, 0.717) is 20.8 Å². The van der Waals surface area contributed by atoms with Crippen LogP contribution >= 0.6 is 11.6 Å². The molecule has 2 heterocycles. The SMILES string of the molecule is Cc1ccc(-c2cc(C(F)(F)F)n3nc(C(=O)Nc4ccccc4Cl)cc3n2)cc1. The molecular weight excluding hydrogens is 417 g/mol. The molecule has 5 nitrogen and oxygen atoms in total. The number of benzene rings is 2. The minimum Gasteiger partial charge on any atom is -0.319 e. The van der Waals surface area contributed by atoms with E-state index in [1.165, 1.54) is 6.07 Å². The molecule has 0 aliphatic carbocycles. The highest BCUT2D eigenvalue weighted by Crippen LogP contribution is 2.32. The topological polar surface area (TPSA) is 59.3 Å². The van der Waals surface area contributed by atoms with Crippen LogP contribution in [0.25, 0.3) is 16.9 Å². The van der Waals surface area contributed by atoms with Crippen molar-refractivity contribution in [1.29, 1.82) is 0 Å². The van der Waals surface area contributed by atoms with Crippen LogP contribution in [-0.4, -0.2) is 20.5 Å². The second-order valence-electron chi connectivity index (χ2n) is 6.62. The molecule has 152 valence electrons. The molecule has 2 aromatic carbocycles. The molecule has 30 heavy (non-hydrogen) atoms. The van der Waals surface area contributed by atoms with Gasteiger partial charge in [-0.1, -0.05) is 53.6 Å². The number of carbonyl (C=O) groups is 1. The molecule has 0 bridgehead atoms.